The Hall–Kier alpha value is -2.89. The molecule has 0 aromatic carbocycles. The first-order valence-corrected chi connectivity index (χ1v) is 9.66. The van der Waals surface area contributed by atoms with Crippen molar-refractivity contribution in [3.05, 3.63) is 71.2 Å². The Morgan fingerprint density at radius 2 is 2.04 bits per heavy atom. The standard InChI is InChI=1S/C22H28N4O2/c1-16(2)13-26-18(4)21(17(3)24-26)11-22(27)25(15-20-8-6-10-28-20)14-19-7-5-9-23-12-19/h5-10,12,16H,11,13-15H2,1-4H3. The van der Waals surface area contributed by atoms with Crippen LogP contribution in [-0.4, -0.2) is 25.6 Å². The molecule has 0 spiro atoms. The molecule has 1 amide bonds. The number of hydrogen-bond donors (Lipinski definition) is 0. The molecule has 3 aromatic rings. The van der Waals surface area contributed by atoms with Gasteiger partial charge in [-0.2, -0.15) is 5.10 Å². The molecule has 0 bridgehead atoms. The summed E-state index contributed by atoms with van der Waals surface area (Å²) in [6.07, 6.45) is 5.49. The number of amides is 1. The van der Waals surface area contributed by atoms with Gasteiger partial charge in [-0.1, -0.05) is 19.9 Å². The number of aryl methyl sites for hydroxylation is 1. The normalized spacial score (nSPS) is 11.2. The monoisotopic (exact) mass is 380 g/mol. The third-order valence-electron chi connectivity index (χ3n) is 4.77. The van der Waals surface area contributed by atoms with Crippen LogP contribution in [0.3, 0.4) is 0 Å². The number of furan rings is 1. The van der Waals surface area contributed by atoms with E-state index < -0.39 is 0 Å². The minimum absolute atomic E-state index is 0.0514. The maximum Gasteiger partial charge on any atom is 0.227 e. The van der Waals surface area contributed by atoms with Gasteiger partial charge in [-0.25, -0.2) is 0 Å². The minimum Gasteiger partial charge on any atom is -0.467 e. The number of carbonyl (C=O) groups excluding carboxylic acids is 1. The molecule has 3 rings (SSSR count). The summed E-state index contributed by atoms with van der Waals surface area (Å²) in [5.74, 6) is 1.32. The smallest absolute Gasteiger partial charge is 0.227 e. The average molecular weight is 380 g/mol. The van der Waals surface area contributed by atoms with Gasteiger partial charge in [-0.15, -0.1) is 0 Å². The topological polar surface area (TPSA) is 64.2 Å². The number of hydrogen-bond acceptors (Lipinski definition) is 4. The van der Waals surface area contributed by atoms with Crippen molar-refractivity contribution in [2.45, 2.75) is 53.8 Å². The largest absolute Gasteiger partial charge is 0.467 e. The third kappa shape index (κ3) is 4.88. The van der Waals surface area contributed by atoms with Crippen LogP contribution >= 0.6 is 0 Å². The lowest BCUT2D eigenvalue weighted by atomic mass is 10.1. The second-order valence-electron chi connectivity index (χ2n) is 7.59. The van der Waals surface area contributed by atoms with Crippen LogP contribution in [0.2, 0.25) is 0 Å². The number of carbonyl (C=O) groups is 1. The number of pyridine rings is 1. The van der Waals surface area contributed by atoms with E-state index in [1.54, 1.807) is 18.7 Å². The van der Waals surface area contributed by atoms with E-state index in [0.29, 0.717) is 25.4 Å². The molecular formula is C22H28N4O2. The lowest BCUT2D eigenvalue weighted by Gasteiger charge is -2.22. The van der Waals surface area contributed by atoms with E-state index in [-0.39, 0.29) is 5.91 Å². The summed E-state index contributed by atoms with van der Waals surface area (Å²) in [6, 6.07) is 7.59. The third-order valence-corrected chi connectivity index (χ3v) is 4.77. The number of nitrogens with zero attached hydrogens (tertiary/aromatic N) is 4. The molecule has 0 aliphatic heterocycles. The molecule has 3 heterocycles. The second kappa shape index (κ2) is 8.87. The van der Waals surface area contributed by atoms with Crippen LogP contribution in [0.4, 0.5) is 0 Å². The van der Waals surface area contributed by atoms with Crippen molar-refractivity contribution in [1.82, 2.24) is 19.7 Å². The Morgan fingerprint density at radius 1 is 1.21 bits per heavy atom. The van der Waals surface area contributed by atoms with Crippen LogP contribution in [-0.2, 0) is 30.8 Å². The van der Waals surface area contributed by atoms with Crippen LogP contribution in [0.15, 0.2) is 47.3 Å². The first-order valence-electron chi connectivity index (χ1n) is 9.66. The maximum absolute atomic E-state index is 13.2. The Balaban J connectivity index is 1.80. The minimum atomic E-state index is 0.0514. The van der Waals surface area contributed by atoms with Gasteiger partial charge >= 0.3 is 0 Å². The van der Waals surface area contributed by atoms with Gasteiger partial charge in [0.2, 0.25) is 5.91 Å². The molecule has 148 valence electrons. The fraction of sp³-hybridized carbons (Fsp3) is 0.409. The van der Waals surface area contributed by atoms with Gasteiger partial charge in [-0.05, 0) is 43.5 Å². The Morgan fingerprint density at radius 3 is 2.68 bits per heavy atom. The van der Waals surface area contributed by atoms with Crippen LogP contribution in [0.5, 0.6) is 0 Å². The first-order chi connectivity index (χ1) is 13.4. The van der Waals surface area contributed by atoms with Crippen LogP contribution in [0.25, 0.3) is 0 Å². The predicted octanol–water partition coefficient (Wildman–Crippen LogP) is 3.92. The highest BCUT2D eigenvalue weighted by Crippen LogP contribution is 2.18. The lowest BCUT2D eigenvalue weighted by molar-refractivity contribution is -0.132. The van der Waals surface area contributed by atoms with Gasteiger partial charge in [0.25, 0.3) is 0 Å². The van der Waals surface area contributed by atoms with Crippen molar-refractivity contribution in [2.75, 3.05) is 0 Å². The molecule has 0 saturated carbocycles. The highest BCUT2D eigenvalue weighted by Gasteiger charge is 2.21. The molecule has 6 nitrogen and oxygen atoms in total. The highest BCUT2D eigenvalue weighted by molar-refractivity contribution is 5.79. The van der Waals surface area contributed by atoms with Crippen LogP contribution in [0, 0.1) is 19.8 Å². The van der Waals surface area contributed by atoms with Gasteiger partial charge < -0.3 is 9.32 Å². The molecule has 0 radical (unpaired) electrons. The average Bonchev–Trinajstić information content (AvgIpc) is 3.25. The molecule has 0 aliphatic rings. The molecule has 6 heteroatoms. The first kappa shape index (κ1) is 19.9. The summed E-state index contributed by atoms with van der Waals surface area (Å²) < 4.78 is 7.49. The quantitative estimate of drug-likeness (QED) is 0.594. The summed E-state index contributed by atoms with van der Waals surface area (Å²) in [5, 5.41) is 4.64. The Labute approximate surface area is 166 Å². The van der Waals surface area contributed by atoms with Crippen molar-refractivity contribution < 1.29 is 9.21 Å². The maximum atomic E-state index is 13.2. The van der Waals surface area contributed by atoms with E-state index in [1.807, 2.05) is 47.7 Å². The van der Waals surface area contributed by atoms with E-state index in [2.05, 4.69) is 23.9 Å². The summed E-state index contributed by atoms with van der Waals surface area (Å²) in [6.45, 7) is 10.1. The lowest BCUT2D eigenvalue weighted by Crippen LogP contribution is -2.31. The van der Waals surface area contributed by atoms with E-state index in [0.717, 1.165) is 34.8 Å². The summed E-state index contributed by atoms with van der Waals surface area (Å²) in [7, 11) is 0. The second-order valence-corrected chi connectivity index (χ2v) is 7.59. The molecule has 0 saturated heterocycles. The molecule has 0 fully saturated rings. The van der Waals surface area contributed by atoms with Gasteiger partial charge in [-0.3, -0.25) is 14.5 Å². The van der Waals surface area contributed by atoms with E-state index >= 15 is 0 Å². The molecular weight excluding hydrogens is 352 g/mol. The van der Waals surface area contributed by atoms with Crippen molar-refractivity contribution in [3.63, 3.8) is 0 Å². The van der Waals surface area contributed by atoms with Crippen LogP contribution < -0.4 is 0 Å². The highest BCUT2D eigenvalue weighted by atomic mass is 16.3. The SMILES string of the molecule is Cc1nn(CC(C)C)c(C)c1CC(=O)N(Cc1cccnc1)Cc1ccco1. The molecule has 28 heavy (non-hydrogen) atoms. The van der Waals surface area contributed by atoms with Gasteiger partial charge in [0.05, 0.1) is 24.9 Å². The fourth-order valence-corrected chi connectivity index (χ4v) is 3.31. The zero-order chi connectivity index (χ0) is 20.1. The Bertz CT molecular complexity index is 898. The molecule has 0 unspecified atom stereocenters. The van der Waals surface area contributed by atoms with Crippen molar-refractivity contribution in [1.29, 1.82) is 0 Å². The Kier molecular flexibility index (Phi) is 6.29. The van der Waals surface area contributed by atoms with E-state index in [1.165, 1.54) is 0 Å². The zero-order valence-corrected chi connectivity index (χ0v) is 17.1. The van der Waals surface area contributed by atoms with Crippen molar-refractivity contribution in [3.8, 4) is 0 Å². The van der Waals surface area contributed by atoms with Gasteiger partial charge in [0.1, 0.15) is 5.76 Å². The van der Waals surface area contributed by atoms with Crippen molar-refractivity contribution >= 4 is 5.91 Å². The summed E-state index contributed by atoms with van der Waals surface area (Å²) in [5.41, 5.74) is 4.00. The zero-order valence-electron chi connectivity index (χ0n) is 17.1. The summed E-state index contributed by atoms with van der Waals surface area (Å²) in [4.78, 5) is 19.2. The van der Waals surface area contributed by atoms with Gasteiger partial charge in [0.15, 0.2) is 0 Å². The van der Waals surface area contributed by atoms with Crippen LogP contribution in [0.1, 0.15) is 42.1 Å². The molecule has 0 atom stereocenters. The summed E-state index contributed by atoms with van der Waals surface area (Å²) >= 11 is 0. The number of rotatable bonds is 8. The fourth-order valence-electron chi connectivity index (χ4n) is 3.31. The molecule has 0 aliphatic carbocycles. The molecule has 3 aromatic heterocycles. The number of aromatic nitrogens is 3. The van der Waals surface area contributed by atoms with Gasteiger partial charge in [0, 0.05) is 36.7 Å². The van der Waals surface area contributed by atoms with Crippen molar-refractivity contribution in [2.24, 2.45) is 5.92 Å². The molecule has 0 N–H and O–H groups in total. The van der Waals surface area contributed by atoms with E-state index in [9.17, 15) is 4.79 Å². The van der Waals surface area contributed by atoms with E-state index in [4.69, 9.17) is 4.42 Å². The predicted molar refractivity (Wildman–Crippen MR) is 107 cm³/mol.